The third-order valence-electron chi connectivity index (χ3n) is 3.61. The van der Waals surface area contributed by atoms with Gasteiger partial charge in [-0.1, -0.05) is 11.6 Å². The molecule has 0 unspecified atom stereocenters. The summed E-state index contributed by atoms with van der Waals surface area (Å²) in [4.78, 5) is 12.2. The van der Waals surface area contributed by atoms with Gasteiger partial charge < -0.3 is 9.47 Å². The van der Waals surface area contributed by atoms with E-state index in [2.05, 4.69) is 10.5 Å². The lowest BCUT2D eigenvalue weighted by Gasteiger charge is -2.21. The Balaban J connectivity index is 2.07. The summed E-state index contributed by atoms with van der Waals surface area (Å²) in [6, 6.07) is 11.2. The molecular weight excluding hydrogens is 406 g/mol. The zero-order chi connectivity index (χ0) is 20.7. The van der Waals surface area contributed by atoms with Crippen molar-refractivity contribution in [3.63, 3.8) is 0 Å². The van der Waals surface area contributed by atoms with Crippen molar-refractivity contribution in [2.24, 2.45) is 5.10 Å². The maximum atomic E-state index is 12.2. The topological polar surface area (TPSA) is 97.3 Å². The van der Waals surface area contributed by atoms with E-state index in [0.29, 0.717) is 27.8 Å². The molecule has 0 aromatic heterocycles. The SMILES string of the molecule is COc1ccc(/C=N\NC(=O)CN(c2ccc(Cl)cc2)S(C)(=O)=O)cc1OC. The number of methoxy groups -OCH3 is 2. The van der Waals surface area contributed by atoms with Crippen LogP contribution in [0.5, 0.6) is 11.5 Å². The van der Waals surface area contributed by atoms with Gasteiger partial charge >= 0.3 is 0 Å². The summed E-state index contributed by atoms with van der Waals surface area (Å²) >= 11 is 5.82. The molecule has 0 saturated carbocycles. The van der Waals surface area contributed by atoms with Gasteiger partial charge in [0.2, 0.25) is 10.0 Å². The molecular formula is C18H20ClN3O5S. The quantitative estimate of drug-likeness (QED) is 0.517. The van der Waals surface area contributed by atoms with Crippen LogP contribution in [0.4, 0.5) is 5.69 Å². The fourth-order valence-corrected chi connectivity index (χ4v) is 3.27. The van der Waals surface area contributed by atoms with E-state index in [0.717, 1.165) is 10.6 Å². The monoisotopic (exact) mass is 425 g/mol. The van der Waals surface area contributed by atoms with E-state index in [4.69, 9.17) is 21.1 Å². The number of anilines is 1. The highest BCUT2D eigenvalue weighted by atomic mass is 35.5. The van der Waals surface area contributed by atoms with Gasteiger partial charge in [0.25, 0.3) is 5.91 Å². The summed E-state index contributed by atoms with van der Waals surface area (Å²) in [5.74, 6) is 0.483. The second-order valence-electron chi connectivity index (χ2n) is 5.65. The highest BCUT2D eigenvalue weighted by molar-refractivity contribution is 7.92. The molecule has 8 nitrogen and oxygen atoms in total. The van der Waals surface area contributed by atoms with Crippen molar-refractivity contribution < 1.29 is 22.7 Å². The fourth-order valence-electron chi connectivity index (χ4n) is 2.29. The Kier molecular flexibility index (Phi) is 7.24. The van der Waals surface area contributed by atoms with E-state index in [-0.39, 0.29) is 0 Å². The predicted octanol–water partition coefficient (Wildman–Crippen LogP) is 2.27. The number of carbonyl (C=O) groups excluding carboxylic acids is 1. The van der Waals surface area contributed by atoms with Crippen LogP contribution in [0.25, 0.3) is 0 Å². The average molecular weight is 426 g/mol. The summed E-state index contributed by atoms with van der Waals surface area (Å²) in [6.45, 7) is -0.427. The molecule has 0 aliphatic heterocycles. The Labute approximate surface area is 168 Å². The minimum atomic E-state index is -3.67. The van der Waals surface area contributed by atoms with Gasteiger partial charge in [0.1, 0.15) is 6.54 Å². The van der Waals surface area contributed by atoms with Crippen molar-refractivity contribution in [2.45, 2.75) is 0 Å². The van der Waals surface area contributed by atoms with E-state index in [9.17, 15) is 13.2 Å². The molecule has 2 aromatic carbocycles. The van der Waals surface area contributed by atoms with Crippen LogP contribution in [0, 0.1) is 0 Å². The third-order valence-corrected chi connectivity index (χ3v) is 5.01. The molecule has 1 N–H and O–H groups in total. The van der Waals surface area contributed by atoms with E-state index in [1.807, 2.05) is 0 Å². The number of nitrogens with one attached hydrogen (secondary N) is 1. The van der Waals surface area contributed by atoms with E-state index in [1.165, 1.54) is 32.6 Å². The van der Waals surface area contributed by atoms with E-state index >= 15 is 0 Å². The molecule has 0 spiro atoms. The maximum absolute atomic E-state index is 12.2. The minimum absolute atomic E-state index is 0.325. The minimum Gasteiger partial charge on any atom is -0.493 e. The van der Waals surface area contributed by atoms with E-state index < -0.39 is 22.5 Å². The molecule has 2 aromatic rings. The van der Waals surface area contributed by atoms with Crippen LogP contribution in [0.1, 0.15) is 5.56 Å². The third kappa shape index (κ3) is 5.86. The number of hydrazone groups is 1. The first-order valence-electron chi connectivity index (χ1n) is 8.02. The Morgan fingerprint density at radius 2 is 1.79 bits per heavy atom. The number of hydrogen-bond donors (Lipinski definition) is 1. The standard InChI is InChI=1S/C18H20ClN3O5S/c1-26-16-9-4-13(10-17(16)27-2)11-20-21-18(23)12-22(28(3,24)25)15-7-5-14(19)6-8-15/h4-11H,12H2,1-3H3,(H,21,23)/b20-11-. The van der Waals surface area contributed by atoms with E-state index in [1.54, 1.807) is 30.3 Å². The number of benzene rings is 2. The number of rotatable bonds is 8. The van der Waals surface area contributed by atoms with Crippen molar-refractivity contribution in [1.29, 1.82) is 0 Å². The van der Waals surface area contributed by atoms with Crippen molar-refractivity contribution in [3.8, 4) is 11.5 Å². The maximum Gasteiger partial charge on any atom is 0.260 e. The molecule has 0 radical (unpaired) electrons. The van der Waals surface area contributed by atoms with Crippen LogP contribution in [-0.4, -0.2) is 47.6 Å². The molecule has 1 amide bonds. The lowest BCUT2D eigenvalue weighted by molar-refractivity contribution is -0.119. The second kappa shape index (κ2) is 9.43. The molecule has 0 bridgehead atoms. The molecule has 0 atom stereocenters. The van der Waals surface area contributed by atoms with Gasteiger partial charge in [0.15, 0.2) is 11.5 Å². The molecule has 28 heavy (non-hydrogen) atoms. The van der Waals surface area contributed by atoms with Crippen molar-refractivity contribution in [1.82, 2.24) is 5.43 Å². The zero-order valence-electron chi connectivity index (χ0n) is 15.5. The molecule has 0 fully saturated rings. The second-order valence-corrected chi connectivity index (χ2v) is 8.00. The van der Waals surface area contributed by atoms with Gasteiger partial charge in [-0.15, -0.1) is 0 Å². The Morgan fingerprint density at radius 1 is 1.14 bits per heavy atom. The predicted molar refractivity (Wildman–Crippen MR) is 109 cm³/mol. The van der Waals surface area contributed by atoms with Crippen LogP contribution in [0.3, 0.4) is 0 Å². The smallest absolute Gasteiger partial charge is 0.260 e. The van der Waals surface area contributed by atoms with Crippen LogP contribution in [0.15, 0.2) is 47.6 Å². The molecule has 150 valence electrons. The van der Waals surface area contributed by atoms with Crippen LogP contribution >= 0.6 is 11.6 Å². The van der Waals surface area contributed by atoms with Gasteiger partial charge in [0.05, 0.1) is 32.4 Å². The fraction of sp³-hybridized carbons (Fsp3) is 0.222. The highest BCUT2D eigenvalue weighted by Crippen LogP contribution is 2.26. The number of hydrogen-bond acceptors (Lipinski definition) is 6. The highest BCUT2D eigenvalue weighted by Gasteiger charge is 2.20. The van der Waals surface area contributed by atoms with Crippen molar-refractivity contribution in [2.75, 3.05) is 31.3 Å². The van der Waals surface area contributed by atoms with Gasteiger partial charge in [0, 0.05) is 5.02 Å². The molecule has 0 saturated heterocycles. The molecule has 0 aliphatic rings. The Hall–Kier alpha value is -2.78. The normalized spacial score (nSPS) is 11.3. The molecule has 10 heteroatoms. The summed E-state index contributed by atoms with van der Waals surface area (Å²) in [6.07, 6.45) is 2.43. The summed E-state index contributed by atoms with van der Waals surface area (Å²) in [7, 11) is -0.634. The van der Waals surface area contributed by atoms with Gasteiger partial charge in [-0.2, -0.15) is 5.10 Å². The summed E-state index contributed by atoms with van der Waals surface area (Å²) in [5, 5.41) is 4.31. The Morgan fingerprint density at radius 3 is 2.36 bits per heavy atom. The average Bonchev–Trinajstić information content (AvgIpc) is 2.66. The van der Waals surface area contributed by atoms with Crippen LogP contribution in [-0.2, 0) is 14.8 Å². The summed E-state index contributed by atoms with van der Waals surface area (Å²) in [5.41, 5.74) is 3.29. The molecule has 0 aliphatic carbocycles. The van der Waals surface area contributed by atoms with Crippen LogP contribution < -0.4 is 19.2 Å². The first-order valence-corrected chi connectivity index (χ1v) is 10.2. The number of amides is 1. The number of nitrogens with zero attached hydrogens (tertiary/aromatic N) is 2. The van der Waals surface area contributed by atoms with Gasteiger partial charge in [-0.25, -0.2) is 13.8 Å². The lowest BCUT2D eigenvalue weighted by Crippen LogP contribution is -2.38. The zero-order valence-corrected chi connectivity index (χ0v) is 17.1. The number of sulfonamides is 1. The van der Waals surface area contributed by atoms with Gasteiger partial charge in [-0.05, 0) is 48.0 Å². The van der Waals surface area contributed by atoms with Crippen molar-refractivity contribution in [3.05, 3.63) is 53.1 Å². The van der Waals surface area contributed by atoms with Crippen LogP contribution in [0.2, 0.25) is 5.02 Å². The lowest BCUT2D eigenvalue weighted by atomic mass is 10.2. The number of halogens is 1. The first-order chi connectivity index (χ1) is 13.2. The van der Waals surface area contributed by atoms with Crippen molar-refractivity contribution >= 4 is 39.4 Å². The molecule has 0 heterocycles. The number of ether oxygens (including phenoxy) is 2. The largest absolute Gasteiger partial charge is 0.493 e. The first kappa shape index (κ1) is 21.5. The molecule has 2 rings (SSSR count). The Bertz CT molecular complexity index is 962. The number of carbonyl (C=O) groups is 1. The summed E-state index contributed by atoms with van der Waals surface area (Å²) < 4.78 is 35.4. The van der Waals surface area contributed by atoms with Gasteiger partial charge in [-0.3, -0.25) is 9.10 Å².